The number of hydrogen-bond acceptors (Lipinski definition) is 6. The predicted molar refractivity (Wildman–Crippen MR) is 108 cm³/mol. The molecule has 2 amide bonds. The third-order valence-electron chi connectivity index (χ3n) is 4.22. The fourth-order valence-electron chi connectivity index (χ4n) is 2.68. The van der Waals surface area contributed by atoms with Crippen molar-refractivity contribution < 1.29 is 23.8 Å². The Morgan fingerprint density at radius 1 is 1.04 bits per heavy atom. The van der Waals surface area contributed by atoms with Crippen molar-refractivity contribution in [2.24, 2.45) is 5.92 Å². The van der Waals surface area contributed by atoms with Crippen LogP contribution < -0.4 is 24.8 Å². The van der Waals surface area contributed by atoms with Gasteiger partial charge in [0.2, 0.25) is 5.91 Å². The van der Waals surface area contributed by atoms with Crippen LogP contribution in [0.4, 0.5) is 0 Å². The average Bonchev–Trinajstić information content (AvgIpc) is 3.23. The van der Waals surface area contributed by atoms with Crippen LogP contribution in [0.2, 0.25) is 0 Å². The maximum Gasteiger partial charge on any atom is 0.262 e. The van der Waals surface area contributed by atoms with E-state index in [0.717, 1.165) is 5.56 Å². The molecule has 1 atom stereocenters. The first-order valence-corrected chi connectivity index (χ1v) is 9.70. The number of ether oxygens (including phenoxy) is 3. The minimum atomic E-state index is -0.652. The van der Waals surface area contributed by atoms with Crippen molar-refractivity contribution in [3.8, 4) is 17.2 Å². The summed E-state index contributed by atoms with van der Waals surface area (Å²) in [5.74, 6) is 1.05. The van der Waals surface area contributed by atoms with E-state index in [9.17, 15) is 9.59 Å². The van der Waals surface area contributed by atoms with E-state index in [1.807, 2.05) is 19.2 Å². The first-order chi connectivity index (χ1) is 13.4. The van der Waals surface area contributed by atoms with Crippen molar-refractivity contribution in [1.82, 2.24) is 10.6 Å². The molecule has 0 aliphatic carbocycles. The van der Waals surface area contributed by atoms with E-state index in [1.54, 1.807) is 45.6 Å². The number of rotatable bonds is 9. The van der Waals surface area contributed by atoms with Gasteiger partial charge in [-0.2, -0.15) is 0 Å². The normalized spacial score (nSPS) is 11.6. The molecule has 2 N–H and O–H groups in total. The van der Waals surface area contributed by atoms with E-state index in [0.29, 0.717) is 22.1 Å². The van der Waals surface area contributed by atoms with Gasteiger partial charge in [-0.25, -0.2) is 0 Å². The first kappa shape index (κ1) is 21.6. The molecular formula is C20H26N2O5S. The molecule has 2 rings (SSSR count). The number of thiophene rings is 1. The molecule has 0 radical (unpaired) electrons. The molecule has 0 saturated carbocycles. The van der Waals surface area contributed by atoms with Gasteiger partial charge in [-0.1, -0.05) is 19.9 Å². The molecule has 0 aliphatic heterocycles. The second-order valence-electron chi connectivity index (χ2n) is 6.41. The van der Waals surface area contributed by atoms with Crippen molar-refractivity contribution in [1.29, 1.82) is 0 Å². The van der Waals surface area contributed by atoms with Crippen molar-refractivity contribution >= 4 is 23.2 Å². The van der Waals surface area contributed by atoms with Crippen LogP contribution in [0, 0.1) is 5.92 Å². The molecule has 0 saturated heterocycles. The number of carbonyl (C=O) groups is 2. The van der Waals surface area contributed by atoms with Gasteiger partial charge in [-0.05, 0) is 23.4 Å². The molecule has 0 spiro atoms. The smallest absolute Gasteiger partial charge is 0.262 e. The van der Waals surface area contributed by atoms with Gasteiger partial charge in [-0.3, -0.25) is 9.59 Å². The van der Waals surface area contributed by atoms with Crippen LogP contribution in [-0.2, 0) is 11.3 Å². The highest BCUT2D eigenvalue weighted by Crippen LogP contribution is 2.34. The van der Waals surface area contributed by atoms with Gasteiger partial charge >= 0.3 is 0 Å². The van der Waals surface area contributed by atoms with E-state index in [1.165, 1.54) is 11.3 Å². The zero-order valence-corrected chi connectivity index (χ0v) is 17.5. The van der Waals surface area contributed by atoms with Crippen molar-refractivity contribution in [2.45, 2.75) is 26.4 Å². The number of methoxy groups -OCH3 is 3. The minimum absolute atomic E-state index is 0.0730. The van der Waals surface area contributed by atoms with Gasteiger partial charge in [0.25, 0.3) is 5.91 Å². The highest BCUT2D eigenvalue weighted by Gasteiger charge is 2.25. The standard InChI is InChI=1S/C20H26N2O5S/c1-12(2)18(22-19(23)17-7-6-8-28-17)20(24)21-11-13-9-15(26-4)16(27-5)10-14(13)25-3/h6-10,12,18H,11H2,1-5H3,(H,21,24)(H,22,23)/t18-/m0/s1. The Bertz CT molecular complexity index is 805. The SMILES string of the molecule is COc1cc(OC)c(OC)cc1CNC(=O)[C@@H](NC(=O)c1cccs1)C(C)C. The van der Waals surface area contributed by atoms with E-state index < -0.39 is 6.04 Å². The third kappa shape index (κ3) is 5.16. The van der Waals surface area contributed by atoms with Gasteiger partial charge < -0.3 is 24.8 Å². The summed E-state index contributed by atoms with van der Waals surface area (Å²) < 4.78 is 16.0. The summed E-state index contributed by atoms with van der Waals surface area (Å²) in [5.41, 5.74) is 0.737. The molecule has 152 valence electrons. The van der Waals surface area contributed by atoms with Crippen LogP contribution >= 0.6 is 11.3 Å². The second kappa shape index (κ2) is 9.98. The topological polar surface area (TPSA) is 85.9 Å². The number of amides is 2. The predicted octanol–water partition coefficient (Wildman–Crippen LogP) is 2.84. The van der Waals surface area contributed by atoms with Crippen molar-refractivity contribution in [3.05, 3.63) is 40.1 Å². The Kier molecular flexibility index (Phi) is 7.69. The van der Waals surface area contributed by atoms with Crippen LogP contribution in [0.3, 0.4) is 0 Å². The van der Waals surface area contributed by atoms with Crippen LogP contribution in [0.15, 0.2) is 29.6 Å². The van der Waals surface area contributed by atoms with E-state index >= 15 is 0 Å². The molecule has 8 heteroatoms. The summed E-state index contributed by atoms with van der Waals surface area (Å²) in [6.45, 7) is 3.99. The zero-order valence-electron chi connectivity index (χ0n) is 16.7. The van der Waals surface area contributed by atoms with Gasteiger partial charge in [0.05, 0.1) is 26.2 Å². The summed E-state index contributed by atoms with van der Waals surface area (Å²) in [5, 5.41) is 7.50. The Morgan fingerprint density at radius 2 is 1.68 bits per heavy atom. The van der Waals surface area contributed by atoms with Crippen molar-refractivity contribution in [2.75, 3.05) is 21.3 Å². The van der Waals surface area contributed by atoms with E-state index in [2.05, 4.69) is 10.6 Å². The molecule has 1 aromatic carbocycles. The van der Waals surface area contributed by atoms with Crippen molar-refractivity contribution in [3.63, 3.8) is 0 Å². The van der Waals surface area contributed by atoms with Gasteiger partial charge in [-0.15, -0.1) is 11.3 Å². The number of nitrogens with one attached hydrogen (secondary N) is 2. The maximum absolute atomic E-state index is 12.7. The molecule has 0 unspecified atom stereocenters. The highest BCUT2D eigenvalue weighted by molar-refractivity contribution is 7.12. The van der Waals surface area contributed by atoms with Crippen LogP contribution in [0.5, 0.6) is 17.2 Å². The van der Waals surface area contributed by atoms with Crippen LogP contribution in [-0.4, -0.2) is 39.2 Å². The molecule has 7 nitrogen and oxygen atoms in total. The summed E-state index contributed by atoms with van der Waals surface area (Å²) >= 11 is 1.33. The fourth-order valence-corrected chi connectivity index (χ4v) is 3.30. The summed E-state index contributed by atoms with van der Waals surface area (Å²) in [7, 11) is 4.63. The van der Waals surface area contributed by atoms with Crippen LogP contribution in [0.25, 0.3) is 0 Å². The maximum atomic E-state index is 12.7. The molecular weight excluding hydrogens is 380 g/mol. The lowest BCUT2D eigenvalue weighted by molar-refractivity contribution is -0.124. The summed E-state index contributed by atoms with van der Waals surface area (Å²) in [4.78, 5) is 25.6. The molecule has 0 fully saturated rings. The fraction of sp³-hybridized carbons (Fsp3) is 0.400. The molecule has 0 bridgehead atoms. The minimum Gasteiger partial charge on any atom is -0.496 e. The largest absolute Gasteiger partial charge is 0.496 e. The highest BCUT2D eigenvalue weighted by atomic mass is 32.1. The summed E-state index contributed by atoms with van der Waals surface area (Å²) in [6.07, 6.45) is 0. The van der Waals surface area contributed by atoms with Gasteiger partial charge in [0.15, 0.2) is 11.5 Å². The van der Waals surface area contributed by atoms with E-state index in [4.69, 9.17) is 14.2 Å². The molecule has 1 heterocycles. The number of benzene rings is 1. The number of carbonyl (C=O) groups excluding carboxylic acids is 2. The third-order valence-corrected chi connectivity index (χ3v) is 5.09. The Hall–Kier alpha value is -2.74. The summed E-state index contributed by atoms with van der Waals surface area (Å²) in [6, 6.07) is 6.34. The van der Waals surface area contributed by atoms with Crippen LogP contribution in [0.1, 0.15) is 29.1 Å². The first-order valence-electron chi connectivity index (χ1n) is 8.82. The lowest BCUT2D eigenvalue weighted by Crippen LogP contribution is -2.49. The van der Waals surface area contributed by atoms with Gasteiger partial charge in [0.1, 0.15) is 11.8 Å². The molecule has 1 aromatic heterocycles. The second-order valence-corrected chi connectivity index (χ2v) is 7.36. The monoisotopic (exact) mass is 406 g/mol. The number of hydrogen-bond donors (Lipinski definition) is 2. The van der Waals surface area contributed by atoms with E-state index in [-0.39, 0.29) is 24.3 Å². The zero-order chi connectivity index (χ0) is 20.7. The lowest BCUT2D eigenvalue weighted by atomic mass is 10.0. The van der Waals surface area contributed by atoms with Gasteiger partial charge in [0, 0.05) is 18.2 Å². The molecule has 28 heavy (non-hydrogen) atoms. The molecule has 0 aliphatic rings. The Morgan fingerprint density at radius 3 is 2.21 bits per heavy atom. The lowest BCUT2D eigenvalue weighted by Gasteiger charge is -2.22. The average molecular weight is 407 g/mol. The molecule has 2 aromatic rings. The quantitative estimate of drug-likeness (QED) is 0.669. The Labute approximate surface area is 169 Å². The Balaban J connectivity index is 2.11.